The van der Waals surface area contributed by atoms with Crippen molar-refractivity contribution in [2.75, 3.05) is 27.2 Å². The largest absolute Gasteiger partial charge is 0.481 e. The number of urea groups is 1. The van der Waals surface area contributed by atoms with Crippen LogP contribution in [0.5, 0.6) is 0 Å². The SMILES string of the molecule is CN(CC1CCCN1C)C(=O)N[C@H](CC(=O)O)C(=O)O. The van der Waals surface area contributed by atoms with Crippen LogP contribution in [0.2, 0.25) is 0 Å². The number of rotatable bonds is 6. The third-order valence-corrected chi connectivity index (χ3v) is 3.48. The number of hydrogen-bond acceptors (Lipinski definition) is 4. The van der Waals surface area contributed by atoms with E-state index in [2.05, 4.69) is 10.2 Å². The van der Waals surface area contributed by atoms with Crippen LogP contribution in [0.25, 0.3) is 0 Å². The highest BCUT2D eigenvalue weighted by atomic mass is 16.4. The molecule has 0 aromatic heterocycles. The summed E-state index contributed by atoms with van der Waals surface area (Å²) in [5.41, 5.74) is 0. The van der Waals surface area contributed by atoms with E-state index in [0.717, 1.165) is 19.4 Å². The Balaban J connectivity index is 2.50. The van der Waals surface area contributed by atoms with Crippen LogP contribution in [0.1, 0.15) is 19.3 Å². The first-order valence-corrected chi connectivity index (χ1v) is 6.47. The molecule has 0 bridgehead atoms. The maximum atomic E-state index is 11.9. The Morgan fingerprint density at radius 3 is 2.50 bits per heavy atom. The molecular formula is C12H21N3O5. The summed E-state index contributed by atoms with van der Waals surface area (Å²) >= 11 is 0. The number of carbonyl (C=O) groups is 3. The fourth-order valence-corrected chi connectivity index (χ4v) is 2.24. The molecule has 1 aliphatic heterocycles. The third-order valence-electron chi connectivity index (χ3n) is 3.48. The number of likely N-dealkylation sites (tertiary alicyclic amines) is 1. The van der Waals surface area contributed by atoms with Crippen molar-refractivity contribution >= 4 is 18.0 Å². The van der Waals surface area contributed by atoms with Gasteiger partial charge in [-0.15, -0.1) is 0 Å². The molecule has 1 aliphatic rings. The van der Waals surface area contributed by atoms with Crippen LogP contribution in [0.15, 0.2) is 0 Å². The number of likely N-dealkylation sites (N-methyl/N-ethyl adjacent to an activating group) is 2. The van der Waals surface area contributed by atoms with Crippen LogP contribution in [0.3, 0.4) is 0 Å². The van der Waals surface area contributed by atoms with Crippen LogP contribution in [0.4, 0.5) is 4.79 Å². The van der Waals surface area contributed by atoms with Gasteiger partial charge in [-0.25, -0.2) is 9.59 Å². The van der Waals surface area contributed by atoms with Crippen LogP contribution in [0, 0.1) is 0 Å². The maximum Gasteiger partial charge on any atom is 0.326 e. The van der Waals surface area contributed by atoms with Gasteiger partial charge in [-0.1, -0.05) is 0 Å². The van der Waals surface area contributed by atoms with E-state index in [-0.39, 0.29) is 6.04 Å². The highest BCUT2D eigenvalue weighted by Gasteiger charge is 2.27. The average Bonchev–Trinajstić information content (AvgIpc) is 2.73. The van der Waals surface area contributed by atoms with Crippen molar-refractivity contribution in [2.24, 2.45) is 0 Å². The van der Waals surface area contributed by atoms with E-state index in [1.165, 1.54) is 4.90 Å². The van der Waals surface area contributed by atoms with Crippen LogP contribution in [-0.2, 0) is 9.59 Å². The number of carboxylic acid groups (broad SMARTS) is 2. The lowest BCUT2D eigenvalue weighted by molar-refractivity contribution is -0.145. The van der Waals surface area contributed by atoms with Crippen molar-refractivity contribution in [3.63, 3.8) is 0 Å². The highest BCUT2D eigenvalue weighted by Crippen LogP contribution is 2.15. The minimum absolute atomic E-state index is 0.258. The quantitative estimate of drug-likeness (QED) is 0.616. The van der Waals surface area contributed by atoms with Crippen LogP contribution >= 0.6 is 0 Å². The van der Waals surface area contributed by atoms with Crippen molar-refractivity contribution in [1.29, 1.82) is 0 Å². The molecule has 1 rings (SSSR count). The fraction of sp³-hybridized carbons (Fsp3) is 0.750. The smallest absolute Gasteiger partial charge is 0.326 e. The van der Waals surface area contributed by atoms with E-state index in [4.69, 9.17) is 10.2 Å². The van der Waals surface area contributed by atoms with E-state index >= 15 is 0 Å². The summed E-state index contributed by atoms with van der Waals surface area (Å²) in [6.07, 6.45) is 1.43. The second-order valence-electron chi connectivity index (χ2n) is 5.10. The highest BCUT2D eigenvalue weighted by molar-refractivity contribution is 5.86. The summed E-state index contributed by atoms with van der Waals surface area (Å²) in [4.78, 5) is 36.9. The van der Waals surface area contributed by atoms with Gasteiger partial charge in [-0.05, 0) is 26.4 Å². The van der Waals surface area contributed by atoms with Gasteiger partial charge < -0.3 is 25.3 Å². The molecule has 0 aromatic carbocycles. The molecule has 0 saturated carbocycles. The molecule has 0 aliphatic carbocycles. The lowest BCUT2D eigenvalue weighted by Gasteiger charge is -2.27. The van der Waals surface area contributed by atoms with Crippen molar-refractivity contribution in [2.45, 2.75) is 31.3 Å². The average molecular weight is 287 g/mol. The van der Waals surface area contributed by atoms with Crippen molar-refractivity contribution in [3.05, 3.63) is 0 Å². The topological polar surface area (TPSA) is 110 Å². The van der Waals surface area contributed by atoms with Gasteiger partial charge in [-0.3, -0.25) is 4.79 Å². The van der Waals surface area contributed by atoms with Gasteiger partial charge >= 0.3 is 18.0 Å². The van der Waals surface area contributed by atoms with Gasteiger partial charge in [0.25, 0.3) is 0 Å². The summed E-state index contributed by atoms with van der Waals surface area (Å²) in [7, 11) is 3.55. The summed E-state index contributed by atoms with van der Waals surface area (Å²) in [6, 6.07) is -1.73. The molecule has 3 N–H and O–H groups in total. The molecule has 114 valence electrons. The molecule has 2 amide bonds. The Morgan fingerprint density at radius 1 is 1.40 bits per heavy atom. The number of nitrogens with zero attached hydrogens (tertiary/aromatic N) is 2. The van der Waals surface area contributed by atoms with Crippen molar-refractivity contribution in [3.8, 4) is 0 Å². The Bertz CT molecular complexity index is 387. The first kappa shape index (κ1) is 16.2. The number of carboxylic acids is 2. The molecular weight excluding hydrogens is 266 g/mol. The summed E-state index contributed by atoms with van der Waals surface area (Å²) in [5, 5.41) is 19.7. The molecule has 8 nitrogen and oxygen atoms in total. The minimum Gasteiger partial charge on any atom is -0.481 e. The molecule has 1 fully saturated rings. The molecule has 0 radical (unpaired) electrons. The Morgan fingerprint density at radius 2 is 2.05 bits per heavy atom. The predicted molar refractivity (Wildman–Crippen MR) is 70.5 cm³/mol. The van der Waals surface area contributed by atoms with E-state index in [1.54, 1.807) is 7.05 Å². The summed E-state index contributed by atoms with van der Waals surface area (Å²) in [5.74, 6) is -2.62. The van der Waals surface area contributed by atoms with Gasteiger partial charge in [0.05, 0.1) is 6.42 Å². The van der Waals surface area contributed by atoms with E-state index in [1.807, 2.05) is 7.05 Å². The molecule has 1 heterocycles. The molecule has 1 saturated heterocycles. The van der Waals surface area contributed by atoms with E-state index in [9.17, 15) is 14.4 Å². The predicted octanol–water partition coefficient (Wildman–Crippen LogP) is -0.350. The molecule has 8 heteroatoms. The molecule has 20 heavy (non-hydrogen) atoms. The van der Waals surface area contributed by atoms with Crippen molar-refractivity contribution < 1.29 is 24.6 Å². The van der Waals surface area contributed by atoms with Gasteiger partial charge in [0.1, 0.15) is 6.04 Å². The molecule has 2 atom stereocenters. The first-order chi connectivity index (χ1) is 9.31. The third kappa shape index (κ3) is 4.69. The fourth-order valence-electron chi connectivity index (χ4n) is 2.24. The second-order valence-corrected chi connectivity index (χ2v) is 5.10. The number of aliphatic carboxylic acids is 2. The van der Waals surface area contributed by atoms with Gasteiger partial charge in [0.2, 0.25) is 0 Å². The van der Waals surface area contributed by atoms with Gasteiger partial charge in [-0.2, -0.15) is 0 Å². The standard InChI is InChI=1S/C12H21N3O5/c1-14-5-3-4-8(14)7-15(2)12(20)13-9(11(18)19)6-10(16)17/h8-9H,3-7H2,1-2H3,(H,13,20)(H,16,17)(H,18,19)/t8?,9-/m1/s1. The lowest BCUT2D eigenvalue weighted by atomic mass is 10.2. The maximum absolute atomic E-state index is 11.9. The van der Waals surface area contributed by atoms with Crippen LogP contribution < -0.4 is 5.32 Å². The number of amides is 2. The Kier molecular flexibility index (Phi) is 5.75. The normalized spacial score (nSPS) is 20.4. The number of carbonyl (C=O) groups excluding carboxylic acids is 1. The summed E-state index contributed by atoms with van der Waals surface area (Å²) in [6.45, 7) is 1.47. The minimum atomic E-state index is -1.41. The van der Waals surface area contributed by atoms with E-state index in [0.29, 0.717) is 6.54 Å². The second kappa shape index (κ2) is 7.09. The summed E-state index contributed by atoms with van der Waals surface area (Å²) < 4.78 is 0. The van der Waals surface area contributed by atoms with E-state index < -0.39 is 30.4 Å². The monoisotopic (exact) mass is 287 g/mol. The zero-order chi connectivity index (χ0) is 15.3. The van der Waals surface area contributed by atoms with Gasteiger partial charge in [0, 0.05) is 19.6 Å². The Labute approximate surface area is 117 Å². The first-order valence-electron chi connectivity index (χ1n) is 6.47. The molecule has 1 unspecified atom stereocenters. The van der Waals surface area contributed by atoms with Gasteiger partial charge in [0.15, 0.2) is 0 Å². The number of nitrogens with one attached hydrogen (secondary N) is 1. The lowest BCUT2D eigenvalue weighted by Crippen LogP contribution is -2.50. The zero-order valence-electron chi connectivity index (χ0n) is 11.7. The molecule has 0 spiro atoms. The number of hydrogen-bond donors (Lipinski definition) is 3. The van der Waals surface area contributed by atoms with Crippen molar-refractivity contribution in [1.82, 2.24) is 15.1 Å². The zero-order valence-corrected chi connectivity index (χ0v) is 11.7. The Hall–Kier alpha value is -1.83. The molecule has 0 aromatic rings. The van der Waals surface area contributed by atoms with Crippen LogP contribution in [-0.4, -0.2) is 77.3 Å².